The summed E-state index contributed by atoms with van der Waals surface area (Å²) >= 11 is 0. The van der Waals surface area contributed by atoms with E-state index in [1.165, 1.54) is 16.7 Å². The molecule has 2 aromatic rings. The lowest BCUT2D eigenvalue weighted by Crippen LogP contribution is -2.39. The fourth-order valence-corrected chi connectivity index (χ4v) is 2.71. The van der Waals surface area contributed by atoms with Crippen molar-refractivity contribution in [2.75, 3.05) is 27.3 Å². The van der Waals surface area contributed by atoms with Crippen LogP contribution in [0.5, 0.6) is 0 Å². The summed E-state index contributed by atoms with van der Waals surface area (Å²) in [5.74, 6) is 1.17. The summed E-state index contributed by atoms with van der Waals surface area (Å²) in [5.41, 5.74) is 3.59. The monoisotopic (exact) mass is 369 g/mol. The third-order valence-electron chi connectivity index (χ3n) is 4.22. The number of hydrogen-bond donors (Lipinski definition) is 2. The lowest BCUT2D eigenvalue weighted by molar-refractivity contribution is 0.0931. The maximum atomic E-state index is 5.81. The van der Waals surface area contributed by atoms with Crippen LogP contribution in [0.15, 0.2) is 59.6 Å². The minimum absolute atomic E-state index is 0.382. The van der Waals surface area contributed by atoms with E-state index in [0.29, 0.717) is 32.3 Å². The number of nitrogens with one attached hydrogen (secondary N) is 2. The van der Waals surface area contributed by atoms with Gasteiger partial charge in [0.25, 0.3) is 0 Å². The van der Waals surface area contributed by atoms with Crippen molar-refractivity contribution in [2.24, 2.45) is 10.9 Å². The fourth-order valence-electron chi connectivity index (χ4n) is 2.71. The van der Waals surface area contributed by atoms with Gasteiger partial charge in [0.2, 0.25) is 0 Å². The molecule has 0 heterocycles. The summed E-state index contributed by atoms with van der Waals surface area (Å²) in [5, 5.41) is 6.73. The van der Waals surface area contributed by atoms with E-state index in [9.17, 15) is 0 Å². The normalized spacial score (nSPS) is 12.6. The molecule has 146 valence electrons. The zero-order chi connectivity index (χ0) is 19.3. The summed E-state index contributed by atoms with van der Waals surface area (Å²) < 4.78 is 11.1. The van der Waals surface area contributed by atoms with Gasteiger partial charge in [0, 0.05) is 27.2 Å². The number of methoxy groups -OCH3 is 1. The van der Waals surface area contributed by atoms with E-state index in [4.69, 9.17) is 9.47 Å². The van der Waals surface area contributed by atoms with Gasteiger partial charge in [0.05, 0.1) is 19.8 Å². The molecular weight excluding hydrogens is 338 g/mol. The van der Waals surface area contributed by atoms with E-state index in [2.05, 4.69) is 46.8 Å². The predicted molar refractivity (Wildman–Crippen MR) is 111 cm³/mol. The maximum absolute atomic E-state index is 5.81. The van der Waals surface area contributed by atoms with E-state index in [1.807, 2.05) is 30.3 Å². The van der Waals surface area contributed by atoms with Crippen molar-refractivity contribution >= 4 is 5.96 Å². The fraction of sp³-hybridized carbons (Fsp3) is 0.409. The van der Waals surface area contributed by atoms with Crippen LogP contribution in [0.1, 0.15) is 23.6 Å². The Hall–Kier alpha value is -2.37. The molecule has 0 aliphatic heterocycles. The van der Waals surface area contributed by atoms with Crippen molar-refractivity contribution in [1.82, 2.24) is 10.6 Å². The highest BCUT2D eigenvalue weighted by Crippen LogP contribution is 2.09. The molecule has 1 atom stereocenters. The molecule has 0 aliphatic rings. The molecule has 0 radical (unpaired) electrons. The number of hydrogen-bond acceptors (Lipinski definition) is 3. The Morgan fingerprint density at radius 3 is 2.37 bits per heavy atom. The van der Waals surface area contributed by atoms with E-state index < -0.39 is 0 Å². The lowest BCUT2D eigenvalue weighted by Gasteiger charge is -2.17. The first-order valence-corrected chi connectivity index (χ1v) is 9.34. The second-order valence-electron chi connectivity index (χ2n) is 6.61. The van der Waals surface area contributed by atoms with Crippen LogP contribution < -0.4 is 10.6 Å². The molecule has 2 rings (SSSR count). The molecule has 1 unspecified atom stereocenters. The molecule has 0 spiro atoms. The Kier molecular flexibility index (Phi) is 9.38. The third kappa shape index (κ3) is 7.81. The number of guanidine groups is 1. The van der Waals surface area contributed by atoms with Gasteiger partial charge in [-0.1, -0.05) is 61.5 Å². The molecule has 2 aromatic carbocycles. The van der Waals surface area contributed by atoms with Crippen LogP contribution in [-0.2, 0) is 29.2 Å². The minimum atomic E-state index is 0.382. The summed E-state index contributed by atoms with van der Waals surface area (Å²) in [4.78, 5) is 4.30. The first-order valence-electron chi connectivity index (χ1n) is 9.34. The zero-order valence-corrected chi connectivity index (χ0v) is 16.6. The lowest BCUT2D eigenvalue weighted by atomic mass is 10.1. The quantitative estimate of drug-likeness (QED) is 0.498. The molecule has 0 aromatic heterocycles. The molecule has 0 aliphatic carbocycles. The molecule has 2 N–H and O–H groups in total. The highest BCUT2D eigenvalue weighted by Gasteiger charge is 2.06. The van der Waals surface area contributed by atoms with Crippen molar-refractivity contribution in [1.29, 1.82) is 0 Å². The summed E-state index contributed by atoms with van der Waals surface area (Å²) in [7, 11) is 3.50. The topological polar surface area (TPSA) is 54.9 Å². The van der Waals surface area contributed by atoms with Gasteiger partial charge in [-0.2, -0.15) is 0 Å². The molecule has 0 amide bonds. The average molecular weight is 370 g/mol. The largest absolute Gasteiger partial charge is 0.380 e. The average Bonchev–Trinajstić information content (AvgIpc) is 2.70. The molecule has 5 heteroatoms. The van der Waals surface area contributed by atoms with Gasteiger partial charge in [-0.05, 0) is 22.6 Å². The first kappa shape index (κ1) is 20.9. The van der Waals surface area contributed by atoms with Crippen molar-refractivity contribution < 1.29 is 9.47 Å². The Labute approximate surface area is 162 Å². The van der Waals surface area contributed by atoms with Crippen LogP contribution in [0, 0.1) is 5.92 Å². The Morgan fingerprint density at radius 2 is 1.67 bits per heavy atom. The van der Waals surface area contributed by atoms with Gasteiger partial charge in [-0.25, -0.2) is 0 Å². The van der Waals surface area contributed by atoms with E-state index in [0.717, 1.165) is 12.5 Å². The van der Waals surface area contributed by atoms with Crippen LogP contribution in [0.3, 0.4) is 0 Å². The van der Waals surface area contributed by atoms with Gasteiger partial charge in [-0.3, -0.25) is 4.99 Å². The SMILES string of the molecule is CN=C(NCc1ccccc1COC)NCC(C)COCc1ccccc1. The van der Waals surface area contributed by atoms with Crippen molar-refractivity contribution in [2.45, 2.75) is 26.7 Å². The maximum Gasteiger partial charge on any atom is 0.191 e. The van der Waals surface area contributed by atoms with Crippen LogP contribution in [0.2, 0.25) is 0 Å². The molecule has 0 saturated carbocycles. The Bertz CT molecular complexity index is 689. The molecule has 5 nitrogen and oxygen atoms in total. The molecule has 0 saturated heterocycles. The van der Waals surface area contributed by atoms with Crippen LogP contribution in [0.4, 0.5) is 0 Å². The van der Waals surface area contributed by atoms with Crippen LogP contribution >= 0.6 is 0 Å². The van der Waals surface area contributed by atoms with Crippen LogP contribution in [-0.4, -0.2) is 33.3 Å². The van der Waals surface area contributed by atoms with Crippen molar-refractivity contribution in [3.8, 4) is 0 Å². The zero-order valence-electron chi connectivity index (χ0n) is 16.6. The number of rotatable bonds is 10. The minimum Gasteiger partial charge on any atom is -0.380 e. The van der Waals surface area contributed by atoms with Gasteiger partial charge in [0.1, 0.15) is 0 Å². The van der Waals surface area contributed by atoms with E-state index >= 15 is 0 Å². The highest BCUT2D eigenvalue weighted by molar-refractivity contribution is 5.79. The number of benzene rings is 2. The van der Waals surface area contributed by atoms with Gasteiger partial charge in [-0.15, -0.1) is 0 Å². The predicted octanol–water partition coefficient (Wildman–Crippen LogP) is 3.35. The van der Waals surface area contributed by atoms with Crippen LogP contribution in [0.25, 0.3) is 0 Å². The Morgan fingerprint density at radius 1 is 0.963 bits per heavy atom. The van der Waals surface area contributed by atoms with Crippen molar-refractivity contribution in [3.05, 3.63) is 71.3 Å². The molecule has 0 fully saturated rings. The first-order chi connectivity index (χ1) is 13.2. The van der Waals surface area contributed by atoms with Gasteiger partial charge in [0.15, 0.2) is 5.96 Å². The van der Waals surface area contributed by atoms with Gasteiger partial charge < -0.3 is 20.1 Å². The second-order valence-corrected chi connectivity index (χ2v) is 6.61. The smallest absolute Gasteiger partial charge is 0.191 e. The molecule has 27 heavy (non-hydrogen) atoms. The molecule has 0 bridgehead atoms. The second kappa shape index (κ2) is 12.1. The third-order valence-corrected chi connectivity index (χ3v) is 4.22. The number of aliphatic imine (C=N–C) groups is 1. The summed E-state index contributed by atoms with van der Waals surface area (Å²) in [6, 6.07) is 18.5. The highest BCUT2D eigenvalue weighted by atomic mass is 16.5. The van der Waals surface area contributed by atoms with E-state index in [1.54, 1.807) is 14.2 Å². The van der Waals surface area contributed by atoms with Crippen molar-refractivity contribution in [3.63, 3.8) is 0 Å². The van der Waals surface area contributed by atoms with E-state index in [-0.39, 0.29) is 0 Å². The molecular formula is C22H31N3O2. The number of ether oxygens (including phenoxy) is 2. The Balaban J connectivity index is 1.70. The van der Waals surface area contributed by atoms with Gasteiger partial charge >= 0.3 is 0 Å². The standard InChI is InChI=1S/C22H31N3O2/c1-18(15-27-16-19-9-5-4-6-10-19)13-24-22(23-2)25-14-20-11-7-8-12-21(20)17-26-3/h4-12,18H,13-17H2,1-3H3,(H2,23,24,25). The summed E-state index contributed by atoms with van der Waals surface area (Å²) in [6.07, 6.45) is 0. The summed E-state index contributed by atoms with van der Waals surface area (Å²) in [6.45, 7) is 5.63. The number of nitrogens with zero attached hydrogens (tertiary/aromatic N) is 1.